The van der Waals surface area contributed by atoms with Crippen molar-refractivity contribution in [3.8, 4) is 0 Å². The third kappa shape index (κ3) is 4.52. The number of fused-ring (bicyclic) bond motifs is 1. The van der Waals surface area contributed by atoms with E-state index in [0.717, 1.165) is 31.2 Å². The topological polar surface area (TPSA) is 96.8 Å². The molecule has 31 heavy (non-hydrogen) atoms. The third-order valence-corrected chi connectivity index (χ3v) is 6.20. The first-order valence-electron chi connectivity index (χ1n) is 11.1. The molecule has 8 heteroatoms. The van der Waals surface area contributed by atoms with Gasteiger partial charge in [-0.25, -0.2) is 9.67 Å². The standard InChI is InChI=1S/C23H30N6O2/c1-4-5-6-19(30)28-11-9-17(10-12-28)21-24-22-20(23(31)25-21)26-27-29(22)14-18-13-15(2)7-8-16(18)3/h7-8,13,17H,4-6,9-12,14H2,1-3H3,(H,24,25,31). The van der Waals surface area contributed by atoms with E-state index in [9.17, 15) is 9.59 Å². The van der Waals surface area contributed by atoms with Gasteiger partial charge in [0.15, 0.2) is 11.2 Å². The number of rotatable bonds is 6. The first kappa shape index (κ1) is 21.2. The number of aromatic nitrogens is 5. The highest BCUT2D eigenvalue weighted by Gasteiger charge is 2.26. The second-order valence-corrected chi connectivity index (χ2v) is 8.56. The first-order valence-corrected chi connectivity index (χ1v) is 11.1. The molecular formula is C23H30N6O2. The molecule has 1 saturated heterocycles. The monoisotopic (exact) mass is 422 g/mol. The van der Waals surface area contributed by atoms with E-state index in [2.05, 4.69) is 54.3 Å². The lowest BCUT2D eigenvalue weighted by Gasteiger charge is -2.31. The maximum absolute atomic E-state index is 12.6. The molecule has 2 aromatic heterocycles. The Morgan fingerprint density at radius 3 is 2.74 bits per heavy atom. The fourth-order valence-electron chi connectivity index (χ4n) is 4.20. The van der Waals surface area contributed by atoms with E-state index in [1.165, 1.54) is 11.1 Å². The number of carbonyl (C=O) groups is 1. The SMILES string of the molecule is CCCCC(=O)N1CCC(c2nc3c(nnn3Cc3cc(C)ccc3C)c(=O)[nH]2)CC1. The van der Waals surface area contributed by atoms with Crippen LogP contribution in [-0.4, -0.2) is 48.9 Å². The molecule has 0 spiro atoms. The average Bonchev–Trinajstić information content (AvgIpc) is 3.18. The average molecular weight is 423 g/mol. The van der Waals surface area contributed by atoms with Crippen LogP contribution >= 0.6 is 0 Å². The second kappa shape index (κ2) is 8.99. The van der Waals surface area contributed by atoms with Crippen LogP contribution in [0.5, 0.6) is 0 Å². The van der Waals surface area contributed by atoms with Crippen molar-refractivity contribution in [1.82, 2.24) is 29.9 Å². The number of aromatic amines is 1. The summed E-state index contributed by atoms with van der Waals surface area (Å²) in [4.78, 5) is 34.6. The Morgan fingerprint density at radius 2 is 2.00 bits per heavy atom. The van der Waals surface area contributed by atoms with Crippen LogP contribution in [0.1, 0.15) is 67.5 Å². The van der Waals surface area contributed by atoms with Crippen molar-refractivity contribution in [2.75, 3.05) is 13.1 Å². The second-order valence-electron chi connectivity index (χ2n) is 8.56. The number of unbranched alkanes of at least 4 members (excludes halogenated alkanes) is 1. The summed E-state index contributed by atoms with van der Waals surface area (Å²) in [5, 5.41) is 8.27. The van der Waals surface area contributed by atoms with Crippen molar-refractivity contribution in [3.63, 3.8) is 0 Å². The van der Waals surface area contributed by atoms with Crippen LogP contribution in [0.25, 0.3) is 11.2 Å². The first-order chi connectivity index (χ1) is 15.0. The van der Waals surface area contributed by atoms with Crippen LogP contribution in [-0.2, 0) is 11.3 Å². The van der Waals surface area contributed by atoms with Crippen molar-refractivity contribution in [2.45, 2.75) is 65.3 Å². The van der Waals surface area contributed by atoms with Gasteiger partial charge in [-0.2, -0.15) is 0 Å². The van der Waals surface area contributed by atoms with E-state index in [4.69, 9.17) is 4.98 Å². The molecule has 3 aromatic rings. The predicted molar refractivity (Wildman–Crippen MR) is 119 cm³/mol. The van der Waals surface area contributed by atoms with Crippen LogP contribution in [0, 0.1) is 13.8 Å². The molecule has 0 atom stereocenters. The Bertz CT molecular complexity index is 1140. The molecule has 1 aliphatic rings. The number of aryl methyl sites for hydroxylation is 2. The minimum Gasteiger partial charge on any atom is -0.343 e. The van der Waals surface area contributed by atoms with Gasteiger partial charge in [0.25, 0.3) is 5.56 Å². The molecule has 3 heterocycles. The van der Waals surface area contributed by atoms with Gasteiger partial charge >= 0.3 is 0 Å². The maximum Gasteiger partial charge on any atom is 0.281 e. The van der Waals surface area contributed by atoms with E-state index in [1.54, 1.807) is 4.68 Å². The number of likely N-dealkylation sites (tertiary alicyclic amines) is 1. The number of nitrogens with one attached hydrogen (secondary N) is 1. The van der Waals surface area contributed by atoms with Gasteiger partial charge in [-0.3, -0.25) is 9.59 Å². The zero-order valence-electron chi connectivity index (χ0n) is 18.5. The van der Waals surface area contributed by atoms with Gasteiger partial charge in [-0.15, -0.1) is 5.10 Å². The smallest absolute Gasteiger partial charge is 0.281 e. The number of hydrogen-bond acceptors (Lipinski definition) is 5. The minimum absolute atomic E-state index is 0.122. The minimum atomic E-state index is -0.256. The van der Waals surface area contributed by atoms with Crippen molar-refractivity contribution < 1.29 is 4.79 Å². The summed E-state index contributed by atoms with van der Waals surface area (Å²) in [7, 11) is 0. The van der Waals surface area contributed by atoms with Gasteiger partial charge in [0.05, 0.1) is 6.54 Å². The van der Waals surface area contributed by atoms with E-state index in [1.807, 2.05) is 4.90 Å². The summed E-state index contributed by atoms with van der Waals surface area (Å²) in [6.07, 6.45) is 4.17. The van der Waals surface area contributed by atoms with Gasteiger partial charge in [0, 0.05) is 25.4 Å². The summed E-state index contributed by atoms with van der Waals surface area (Å²) in [6.45, 7) is 8.14. The lowest BCUT2D eigenvalue weighted by atomic mass is 9.95. The molecular weight excluding hydrogens is 392 g/mol. The Hall–Kier alpha value is -3.03. The van der Waals surface area contributed by atoms with E-state index < -0.39 is 0 Å². The van der Waals surface area contributed by atoms with Crippen LogP contribution in [0.3, 0.4) is 0 Å². The van der Waals surface area contributed by atoms with Crippen LogP contribution in [0.4, 0.5) is 0 Å². The summed E-state index contributed by atoms with van der Waals surface area (Å²) < 4.78 is 1.71. The Morgan fingerprint density at radius 1 is 1.23 bits per heavy atom. The molecule has 164 valence electrons. The normalized spacial score (nSPS) is 15.0. The van der Waals surface area contributed by atoms with Crippen LogP contribution < -0.4 is 5.56 Å². The van der Waals surface area contributed by atoms with E-state index >= 15 is 0 Å². The van der Waals surface area contributed by atoms with Gasteiger partial charge in [-0.05, 0) is 44.2 Å². The summed E-state index contributed by atoms with van der Waals surface area (Å²) in [5.41, 5.74) is 4.00. The Kier molecular flexibility index (Phi) is 6.15. The van der Waals surface area contributed by atoms with Crippen LogP contribution in [0.2, 0.25) is 0 Å². The lowest BCUT2D eigenvalue weighted by molar-refractivity contribution is -0.132. The highest BCUT2D eigenvalue weighted by atomic mass is 16.2. The van der Waals surface area contributed by atoms with E-state index in [0.29, 0.717) is 37.5 Å². The molecule has 1 N–H and O–H groups in total. The van der Waals surface area contributed by atoms with E-state index in [-0.39, 0.29) is 22.9 Å². The third-order valence-electron chi connectivity index (χ3n) is 6.20. The van der Waals surface area contributed by atoms with Gasteiger partial charge in [0.2, 0.25) is 5.91 Å². The molecule has 1 amide bonds. The predicted octanol–water partition coefficient (Wildman–Crippen LogP) is 3.08. The molecule has 1 aromatic carbocycles. The fraction of sp³-hybridized carbons (Fsp3) is 0.522. The Balaban J connectivity index is 1.55. The number of carbonyl (C=O) groups excluding carboxylic acids is 1. The summed E-state index contributed by atoms with van der Waals surface area (Å²) in [5.74, 6) is 1.02. The van der Waals surface area contributed by atoms with Crippen LogP contribution in [0.15, 0.2) is 23.0 Å². The molecule has 4 rings (SSSR count). The molecule has 1 fully saturated rings. The summed E-state index contributed by atoms with van der Waals surface area (Å²) in [6, 6.07) is 6.30. The Labute approximate surface area is 181 Å². The number of benzene rings is 1. The van der Waals surface area contributed by atoms with Gasteiger partial charge < -0.3 is 9.88 Å². The van der Waals surface area contributed by atoms with Crippen molar-refractivity contribution in [3.05, 3.63) is 51.1 Å². The largest absolute Gasteiger partial charge is 0.343 e. The maximum atomic E-state index is 12.6. The quantitative estimate of drug-likeness (QED) is 0.658. The number of nitrogens with zero attached hydrogens (tertiary/aromatic N) is 5. The molecule has 0 aliphatic carbocycles. The zero-order chi connectivity index (χ0) is 22.0. The van der Waals surface area contributed by atoms with Gasteiger partial charge in [-0.1, -0.05) is 42.3 Å². The highest BCUT2D eigenvalue weighted by Crippen LogP contribution is 2.26. The van der Waals surface area contributed by atoms with Crippen molar-refractivity contribution in [1.29, 1.82) is 0 Å². The molecule has 0 radical (unpaired) electrons. The number of piperidine rings is 1. The number of H-pyrrole nitrogens is 1. The number of hydrogen-bond donors (Lipinski definition) is 1. The molecule has 0 unspecified atom stereocenters. The fourth-order valence-corrected chi connectivity index (χ4v) is 4.20. The zero-order valence-corrected chi connectivity index (χ0v) is 18.5. The summed E-state index contributed by atoms with van der Waals surface area (Å²) >= 11 is 0. The molecule has 8 nitrogen and oxygen atoms in total. The van der Waals surface area contributed by atoms with Crippen molar-refractivity contribution >= 4 is 17.1 Å². The lowest BCUT2D eigenvalue weighted by Crippen LogP contribution is -2.38. The number of amides is 1. The van der Waals surface area contributed by atoms with Gasteiger partial charge in [0.1, 0.15) is 5.82 Å². The highest BCUT2D eigenvalue weighted by molar-refractivity contribution is 5.76. The molecule has 0 saturated carbocycles. The molecule has 0 bridgehead atoms. The van der Waals surface area contributed by atoms with Crippen molar-refractivity contribution in [2.24, 2.45) is 0 Å². The molecule has 1 aliphatic heterocycles.